The molecule has 2 aliphatic carbocycles. The number of rotatable bonds is 8. The zero-order valence-corrected chi connectivity index (χ0v) is 22.0. The van der Waals surface area contributed by atoms with E-state index in [1.807, 2.05) is 18.2 Å². The molecule has 0 bridgehead atoms. The van der Waals surface area contributed by atoms with Crippen LogP contribution in [0.25, 0.3) is 10.9 Å². The fourth-order valence-corrected chi connectivity index (χ4v) is 7.13. The number of Topliss-reactive ketones (excluding diaryl/α,β-unsaturated/α-hetero) is 1. The van der Waals surface area contributed by atoms with Crippen molar-refractivity contribution in [1.29, 1.82) is 0 Å². The van der Waals surface area contributed by atoms with Crippen molar-refractivity contribution in [3.8, 4) is 5.75 Å². The minimum absolute atomic E-state index is 0.0200. The lowest BCUT2D eigenvalue weighted by Gasteiger charge is -2.29. The van der Waals surface area contributed by atoms with Crippen LogP contribution >= 0.6 is 0 Å². The Morgan fingerprint density at radius 3 is 2.76 bits per heavy atom. The topological polar surface area (TPSA) is 121 Å². The molecule has 38 heavy (non-hydrogen) atoms. The van der Waals surface area contributed by atoms with Crippen molar-refractivity contribution in [2.75, 3.05) is 13.7 Å². The largest absolute Gasteiger partial charge is 0.496 e. The number of fused-ring (bicyclic) bond motifs is 2. The average Bonchev–Trinajstić information content (AvgIpc) is 3.28. The zero-order chi connectivity index (χ0) is 26.6. The number of nitrogens with zero attached hydrogens (tertiary/aromatic N) is 1. The molecule has 3 amide bonds. The Labute approximate surface area is 222 Å². The number of aromatic nitrogens is 1. The van der Waals surface area contributed by atoms with Gasteiger partial charge in [-0.2, -0.15) is 0 Å². The lowest BCUT2D eigenvalue weighted by molar-refractivity contribution is -0.132. The van der Waals surface area contributed by atoms with E-state index in [4.69, 9.17) is 4.74 Å². The number of hydrogen-bond donors (Lipinski definition) is 3. The van der Waals surface area contributed by atoms with E-state index in [1.165, 1.54) is 0 Å². The molecule has 2 aromatic rings. The summed E-state index contributed by atoms with van der Waals surface area (Å²) in [6, 6.07) is 6.03. The number of amides is 3. The Hall–Kier alpha value is -3.36. The first-order chi connectivity index (χ1) is 18.3. The number of carbonyl (C=O) groups is 4. The molecule has 6 rings (SSSR count). The standard InChI is InChI=1S/C29H36N4O5/c1-3-23(34)21(12-17-14-29(10-11-29)32-26(17)35)31-27(36)25-18-7-4-6-16(18)15-33(25)28(37)22-13-19-20(30-22)8-5-9-24(19)38-2/h5,8-9,13,16-18,21,25,30H,3-4,6-7,10-12,14-15H2,1-2H3,(H,31,36)(H,32,35). The number of carbonyl (C=O) groups excluding carboxylic acids is 4. The first-order valence-corrected chi connectivity index (χ1v) is 13.9. The van der Waals surface area contributed by atoms with Crippen molar-refractivity contribution in [2.45, 2.75) is 75.9 Å². The Kier molecular flexibility index (Phi) is 6.19. The van der Waals surface area contributed by atoms with Crippen molar-refractivity contribution < 1.29 is 23.9 Å². The molecule has 2 aliphatic heterocycles. The minimum Gasteiger partial charge on any atom is -0.496 e. The molecule has 1 aromatic carbocycles. The summed E-state index contributed by atoms with van der Waals surface area (Å²) in [6.45, 7) is 2.30. The van der Waals surface area contributed by atoms with E-state index in [0.717, 1.165) is 49.4 Å². The summed E-state index contributed by atoms with van der Waals surface area (Å²) in [5, 5.41) is 6.91. The molecule has 1 spiro atoms. The van der Waals surface area contributed by atoms with Gasteiger partial charge in [-0.05, 0) is 68.6 Å². The van der Waals surface area contributed by atoms with Crippen molar-refractivity contribution in [2.24, 2.45) is 17.8 Å². The van der Waals surface area contributed by atoms with Gasteiger partial charge in [-0.25, -0.2) is 0 Å². The number of H-pyrrole nitrogens is 1. The monoisotopic (exact) mass is 520 g/mol. The SMILES string of the molecule is CCC(=O)C(CC1CC2(CC2)NC1=O)NC(=O)C1C2CCCC2CN1C(=O)c1cc2c(OC)cccc2[nH]1. The van der Waals surface area contributed by atoms with Crippen LogP contribution in [0, 0.1) is 17.8 Å². The first-order valence-electron chi connectivity index (χ1n) is 13.9. The lowest BCUT2D eigenvalue weighted by atomic mass is 9.91. The van der Waals surface area contributed by atoms with Crippen molar-refractivity contribution >= 4 is 34.4 Å². The molecule has 2 saturated carbocycles. The molecule has 3 heterocycles. The summed E-state index contributed by atoms with van der Waals surface area (Å²) in [5.74, 6) is 0.132. The number of likely N-dealkylation sites (tertiary alicyclic amines) is 1. The third-order valence-electron chi connectivity index (χ3n) is 9.32. The fraction of sp³-hybridized carbons (Fsp3) is 0.586. The van der Waals surface area contributed by atoms with E-state index in [-0.39, 0.29) is 53.2 Å². The van der Waals surface area contributed by atoms with Crippen LogP contribution in [0.4, 0.5) is 0 Å². The van der Waals surface area contributed by atoms with Gasteiger partial charge in [-0.15, -0.1) is 0 Å². The second-order valence-corrected chi connectivity index (χ2v) is 11.6. The maximum atomic E-state index is 13.8. The Bertz CT molecular complexity index is 1300. The molecule has 0 radical (unpaired) electrons. The average molecular weight is 521 g/mol. The molecular weight excluding hydrogens is 484 g/mol. The van der Waals surface area contributed by atoms with Gasteiger partial charge in [0.2, 0.25) is 11.8 Å². The predicted octanol–water partition coefficient (Wildman–Crippen LogP) is 2.94. The molecule has 202 valence electrons. The van der Waals surface area contributed by atoms with Crippen LogP contribution in [0.2, 0.25) is 0 Å². The van der Waals surface area contributed by atoms with Crippen LogP contribution in [-0.4, -0.2) is 64.7 Å². The quantitative estimate of drug-likeness (QED) is 0.494. The molecule has 5 unspecified atom stereocenters. The number of ketones is 1. The van der Waals surface area contributed by atoms with E-state index < -0.39 is 12.1 Å². The predicted molar refractivity (Wildman–Crippen MR) is 141 cm³/mol. The van der Waals surface area contributed by atoms with Gasteiger partial charge in [-0.3, -0.25) is 19.2 Å². The van der Waals surface area contributed by atoms with E-state index in [2.05, 4.69) is 15.6 Å². The maximum Gasteiger partial charge on any atom is 0.271 e. The number of aromatic amines is 1. The Morgan fingerprint density at radius 1 is 1.24 bits per heavy atom. The number of benzene rings is 1. The molecule has 9 heteroatoms. The van der Waals surface area contributed by atoms with Crippen molar-refractivity contribution in [3.05, 3.63) is 30.0 Å². The third kappa shape index (κ3) is 4.25. The van der Waals surface area contributed by atoms with Gasteiger partial charge >= 0.3 is 0 Å². The summed E-state index contributed by atoms with van der Waals surface area (Å²) in [4.78, 5) is 58.0. The van der Waals surface area contributed by atoms with Crippen LogP contribution in [0.1, 0.15) is 68.8 Å². The number of hydrogen-bond acceptors (Lipinski definition) is 5. The van der Waals surface area contributed by atoms with E-state index in [0.29, 0.717) is 24.4 Å². The van der Waals surface area contributed by atoms with E-state index in [9.17, 15) is 19.2 Å². The summed E-state index contributed by atoms with van der Waals surface area (Å²) in [7, 11) is 1.60. The van der Waals surface area contributed by atoms with Gasteiger partial charge in [0.25, 0.3) is 5.91 Å². The summed E-state index contributed by atoms with van der Waals surface area (Å²) in [6.07, 6.45) is 6.17. The van der Waals surface area contributed by atoms with Crippen LogP contribution in [0.3, 0.4) is 0 Å². The molecule has 4 fully saturated rings. The van der Waals surface area contributed by atoms with Gasteiger partial charge in [-0.1, -0.05) is 19.4 Å². The zero-order valence-electron chi connectivity index (χ0n) is 22.0. The van der Waals surface area contributed by atoms with Crippen molar-refractivity contribution in [1.82, 2.24) is 20.5 Å². The summed E-state index contributed by atoms with van der Waals surface area (Å²) >= 11 is 0. The number of nitrogens with one attached hydrogen (secondary N) is 3. The lowest BCUT2D eigenvalue weighted by Crippen LogP contribution is -2.53. The summed E-state index contributed by atoms with van der Waals surface area (Å²) in [5.41, 5.74) is 1.13. The second kappa shape index (κ2) is 9.43. The molecule has 3 N–H and O–H groups in total. The van der Waals surface area contributed by atoms with Gasteiger partial charge < -0.3 is 25.3 Å². The summed E-state index contributed by atoms with van der Waals surface area (Å²) < 4.78 is 5.45. The first kappa shape index (κ1) is 24.9. The van der Waals surface area contributed by atoms with Crippen LogP contribution in [0.5, 0.6) is 5.75 Å². The molecule has 4 aliphatic rings. The van der Waals surface area contributed by atoms with E-state index >= 15 is 0 Å². The van der Waals surface area contributed by atoms with Crippen molar-refractivity contribution in [3.63, 3.8) is 0 Å². The smallest absolute Gasteiger partial charge is 0.271 e. The minimum atomic E-state index is -0.730. The van der Waals surface area contributed by atoms with Crippen LogP contribution in [0.15, 0.2) is 24.3 Å². The normalized spacial score (nSPS) is 27.8. The van der Waals surface area contributed by atoms with Crippen LogP contribution < -0.4 is 15.4 Å². The number of methoxy groups -OCH3 is 1. The molecule has 5 atom stereocenters. The van der Waals surface area contributed by atoms with Gasteiger partial charge in [0, 0.05) is 35.3 Å². The highest BCUT2D eigenvalue weighted by Crippen LogP contribution is 2.46. The third-order valence-corrected chi connectivity index (χ3v) is 9.32. The van der Waals surface area contributed by atoms with E-state index in [1.54, 1.807) is 25.0 Å². The van der Waals surface area contributed by atoms with Gasteiger partial charge in [0.1, 0.15) is 17.5 Å². The van der Waals surface area contributed by atoms with Gasteiger partial charge in [0.05, 0.1) is 13.2 Å². The Balaban J connectivity index is 1.23. The molecule has 2 saturated heterocycles. The maximum absolute atomic E-state index is 13.8. The molecule has 1 aromatic heterocycles. The fourth-order valence-electron chi connectivity index (χ4n) is 7.13. The highest BCUT2D eigenvalue weighted by atomic mass is 16.5. The van der Waals surface area contributed by atoms with Crippen LogP contribution in [-0.2, 0) is 14.4 Å². The second-order valence-electron chi connectivity index (χ2n) is 11.6. The number of ether oxygens (including phenoxy) is 1. The highest BCUT2D eigenvalue weighted by molar-refractivity contribution is 6.02. The highest BCUT2D eigenvalue weighted by Gasteiger charge is 2.53. The molecular formula is C29H36N4O5. The Morgan fingerprint density at radius 2 is 2.05 bits per heavy atom. The molecule has 9 nitrogen and oxygen atoms in total. The van der Waals surface area contributed by atoms with Gasteiger partial charge in [0.15, 0.2) is 5.78 Å².